The van der Waals surface area contributed by atoms with Crippen molar-refractivity contribution in [3.63, 3.8) is 0 Å². The van der Waals surface area contributed by atoms with Crippen molar-refractivity contribution < 1.29 is 9.90 Å². The van der Waals surface area contributed by atoms with Crippen LogP contribution in [0.3, 0.4) is 0 Å². The van der Waals surface area contributed by atoms with E-state index in [0.29, 0.717) is 5.92 Å². The molecule has 86 valence electrons. The first-order chi connectivity index (χ1) is 7.66. The predicted octanol–water partition coefficient (Wildman–Crippen LogP) is 1.59. The van der Waals surface area contributed by atoms with Crippen LogP contribution in [0.4, 0.5) is 0 Å². The lowest BCUT2D eigenvalue weighted by atomic mass is 9.94. The van der Waals surface area contributed by atoms with E-state index in [1.807, 2.05) is 6.07 Å². The predicted molar refractivity (Wildman–Crippen MR) is 60.7 cm³/mol. The van der Waals surface area contributed by atoms with Crippen LogP contribution < -0.4 is 0 Å². The minimum absolute atomic E-state index is 0.257. The molecule has 0 bridgehead atoms. The molecule has 16 heavy (non-hydrogen) atoms. The highest BCUT2D eigenvalue weighted by Gasteiger charge is 2.19. The number of likely N-dealkylation sites (N-methyl/N-ethyl adjacent to an activating group) is 1. The number of carbonyl (C=O) groups is 1. The number of aromatic carboxylic acids is 1. The van der Waals surface area contributed by atoms with E-state index in [2.05, 4.69) is 16.9 Å². The molecule has 2 heterocycles. The molecule has 1 aliphatic rings. The number of likely N-dealkylation sites (tertiary alicyclic amines) is 1. The minimum atomic E-state index is -0.917. The van der Waals surface area contributed by atoms with Crippen LogP contribution in [0, 0.1) is 0 Å². The Morgan fingerprint density at radius 3 is 2.94 bits per heavy atom. The minimum Gasteiger partial charge on any atom is -0.478 e. The first kappa shape index (κ1) is 11.1. The SMILES string of the molecule is CN1CCCC(c2ccc(C(=O)O)cn2)C1. The normalized spacial score (nSPS) is 21.9. The van der Waals surface area contributed by atoms with Gasteiger partial charge in [0.1, 0.15) is 0 Å². The molecular formula is C12H16N2O2. The average molecular weight is 220 g/mol. The summed E-state index contributed by atoms with van der Waals surface area (Å²) >= 11 is 0. The van der Waals surface area contributed by atoms with Crippen molar-refractivity contribution in [2.45, 2.75) is 18.8 Å². The Morgan fingerprint density at radius 1 is 1.56 bits per heavy atom. The Kier molecular flexibility index (Phi) is 3.19. The van der Waals surface area contributed by atoms with Crippen LogP contribution in [-0.4, -0.2) is 41.1 Å². The van der Waals surface area contributed by atoms with Gasteiger partial charge in [0, 0.05) is 24.4 Å². The molecule has 1 aliphatic heterocycles. The van der Waals surface area contributed by atoms with Gasteiger partial charge >= 0.3 is 5.97 Å². The van der Waals surface area contributed by atoms with Crippen LogP contribution in [0.25, 0.3) is 0 Å². The van der Waals surface area contributed by atoms with Gasteiger partial charge in [-0.25, -0.2) is 4.79 Å². The van der Waals surface area contributed by atoms with Crippen molar-refractivity contribution in [3.8, 4) is 0 Å². The van der Waals surface area contributed by atoms with E-state index in [1.165, 1.54) is 12.6 Å². The first-order valence-electron chi connectivity index (χ1n) is 5.54. The van der Waals surface area contributed by atoms with Crippen LogP contribution in [0.15, 0.2) is 18.3 Å². The third-order valence-electron chi connectivity index (χ3n) is 3.08. The van der Waals surface area contributed by atoms with Gasteiger partial charge in [-0.3, -0.25) is 4.98 Å². The standard InChI is InChI=1S/C12H16N2O2/c1-14-6-2-3-10(8-14)11-5-4-9(7-13-11)12(15)16/h4-5,7,10H,2-3,6,8H2,1H3,(H,15,16). The highest BCUT2D eigenvalue weighted by atomic mass is 16.4. The molecule has 0 amide bonds. The van der Waals surface area contributed by atoms with Gasteiger partial charge in [0.25, 0.3) is 0 Å². The molecule has 1 aromatic heterocycles. The molecular weight excluding hydrogens is 204 g/mol. The Bertz CT molecular complexity index is 375. The summed E-state index contributed by atoms with van der Waals surface area (Å²) in [6.45, 7) is 2.16. The first-order valence-corrected chi connectivity index (χ1v) is 5.54. The lowest BCUT2D eigenvalue weighted by molar-refractivity contribution is 0.0696. The molecule has 0 radical (unpaired) electrons. The molecule has 2 rings (SSSR count). The van der Waals surface area contributed by atoms with Gasteiger partial charge < -0.3 is 10.0 Å². The van der Waals surface area contributed by atoms with E-state index < -0.39 is 5.97 Å². The van der Waals surface area contributed by atoms with Crippen LogP contribution in [-0.2, 0) is 0 Å². The zero-order chi connectivity index (χ0) is 11.5. The summed E-state index contributed by atoms with van der Waals surface area (Å²) in [4.78, 5) is 17.2. The maximum Gasteiger partial charge on any atom is 0.337 e. The Morgan fingerprint density at radius 2 is 2.38 bits per heavy atom. The fourth-order valence-corrected chi connectivity index (χ4v) is 2.18. The second-order valence-corrected chi connectivity index (χ2v) is 4.38. The molecule has 1 unspecified atom stereocenters. The summed E-state index contributed by atoms with van der Waals surface area (Å²) in [5.41, 5.74) is 1.27. The molecule has 0 aliphatic carbocycles. The summed E-state index contributed by atoms with van der Waals surface area (Å²) in [5, 5.41) is 8.78. The van der Waals surface area contributed by atoms with Crippen molar-refractivity contribution in [2.24, 2.45) is 0 Å². The number of nitrogens with zero attached hydrogens (tertiary/aromatic N) is 2. The van der Waals surface area contributed by atoms with E-state index in [4.69, 9.17) is 5.11 Å². The molecule has 0 aromatic carbocycles. The number of aromatic nitrogens is 1. The fraction of sp³-hybridized carbons (Fsp3) is 0.500. The van der Waals surface area contributed by atoms with E-state index in [1.54, 1.807) is 6.07 Å². The third kappa shape index (κ3) is 2.39. The molecule has 1 atom stereocenters. The molecule has 1 N–H and O–H groups in total. The van der Waals surface area contributed by atoms with Crippen LogP contribution in [0.2, 0.25) is 0 Å². The summed E-state index contributed by atoms with van der Waals surface area (Å²) in [6, 6.07) is 3.48. The van der Waals surface area contributed by atoms with Gasteiger partial charge in [-0.1, -0.05) is 0 Å². The van der Waals surface area contributed by atoms with Crippen molar-refractivity contribution in [3.05, 3.63) is 29.6 Å². The Balaban J connectivity index is 2.11. The van der Waals surface area contributed by atoms with Gasteiger partial charge in [-0.2, -0.15) is 0 Å². The number of pyridine rings is 1. The highest BCUT2D eigenvalue weighted by Crippen LogP contribution is 2.24. The van der Waals surface area contributed by atoms with Crippen LogP contribution in [0.5, 0.6) is 0 Å². The quantitative estimate of drug-likeness (QED) is 0.822. The van der Waals surface area contributed by atoms with Crippen LogP contribution >= 0.6 is 0 Å². The van der Waals surface area contributed by atoms with Crippen LogP contribution in [0.1, 0.15) is 34.8 Å². The van der Waals surface area contributed by atoms with Gasteiger partial charge in [-0.15, -0.1) is 0 Å². The Hall–Kier alpha value is -1.42. The van der Waals surface area contributed by atoms with E-state index in [0.717, 1.165) is 25.2 Å². The lowest BCUT2D eigenvalue weighted by Crippen LogP contribution is -2.31. The Labute approximate surface area is 94.9 Å². The molecule has 1 aromatic rings. The van der Waals surface area contributed by atoms with Gasteiger partial charge in [-0.05, 0) is 38.6 Å². The number of piperidine rings is 1. The van der Waals surface area contributed by atoms with Gasteiger partial charge in [0.15, 0.2) is 0 Å². The van der Waals surface area contributed by atoms with Gasteiger partial charge in [0.05, 0.1) is 5.56 Å². The van der Waals surface area contributed by atoms with Crippen molar-refractivity contribution in [1.29, 1.82) is 0 Å². The molecule has 1 fully saturated rings. The summed E-state index contributed by atoms with van der Waals surface area (Å²) in [7, 11) is 2.11. The van der Waals surface area contributed by atoms with Gasteiger partial charge in [0.2, 0.25) is 0 Å². The number of hydrogen-bond acceptors (Lipinski definition) is 3. The summed E-state index contributed by atoms with van der Waals surface area (Å²) in [5.74, 6) is -0.471. The maximum absolute atomic E-state index is 10.7. The highest BCUT2D eigenvalue weighted by molar-refractivity contribution is 5.87. The average Bonchev–Trinajstić information content (AvgIpc) is 2.29. The molecule has 4 nitrogen and oxygen atoms in total. The van der Waals surface area contributed by atoms with E-state index >= 15 is 0 Å². The van der Waals surface area contributed by atoms with E-state index in [9.17, 15) is 4.79 Å². The number of rotatable bonds is 2. The largest absolute Gasteiger partial charge is 0.478 e. The zero-order valence-electron chi connectivity index (χ0n) is 9.39. The number of carboxylic acid groups (broad SMARTS) is 1. The van der Waals surface area contributed by atoms with Crippen molar-refractivity contribution in [1.82, 2.24) is 9.88 Å². The van der Waals surface area contributed by atoms with Crippen molar-refractivity contribution >= 4 is 5.97 Å². The zero-order valence-corrected chi connectivity index (χ0v) is 9.39. The molecule has 0 spiro atoms. The lowest BCUT2D eigenvalue weighted by Gasteiger charge is -2.29. The molecule has 4 heteroatoms. The topological polar surface area (TPSA) is 53.4 Å². The smallest absolute Gasteiger partial charge is 0.337 e. The summed E-state index contributed by atoms with van der Waals surface area (Å²) in [6.07, 6.45) is 3.78. The summed E-state index contributed by atoms with van der Waals surface area (Å²) < 4.78 is 0. The number of carboxylic acids is 1. The second-order valence-electron chi connectivity index (χ2n) is 4.38. The second kappa shape index (κ2) is 4.61. The third-order valence-corrected chi connectivity index (χ3v) is 3.08. The molecule has 1 saturated heterocycles. The monoisotopic (exact) mass is 220 g/mol. The molecule has 0 saturated carbocycles. The fourth-order valence-electron chi connectivity index (χ4n) is 2.18. The van der Waals surface area contributed by atoms with Crippen molar-refractivity contribution in [2.75, 3.05) is 20.1 Å². The maximum atomic E-state index is 10.7. The van der Waals surface area contributed by atoms with E-state index in [-0.39, 0.29) is 5.56 Å². The number of hydrogen-bond donors (Lipinski definition) is 1.